The highest BCUT2D eigenvalue weighted by Crippen LogP contribution is 2.37. The summed E-state index contributed by atoms with van der Waals surface area (Å²) < 4.78 is 13.1. The second-order valence-electron chi connectivity index (χ2n) is 8.10. The van der Waals surface area contributed by atoms with Crippen molar-refractivity contribution in [2.75, 3.05) is 13.1 Å². The van der Waals surface area contributed by atoms with Crippen LogP contribution in [0.1, 0.15) is 57.8 Å². The van der Waals surface area contributed by atoms with Gasteiger partial charge in [0.1, 0.15) is 6.26 Å². The number of likely N-dealkylation sites (tertiary alicyclic amines) is 1. The maximum atomic E-state index is 12.5. The fraction of sp³-hybridized carbons (Fsp3) is 0.550. The van der Waals surface area contributed by atoms with E-state index in [-0.39, 0.29) is 17.4 Å². The summed E-state index contributed by atoms with van der Waals surface area (Å²) in [5, 5.41) is 7.49. The van der Waals surface area contributed by atoms with E-state index in [1.165, 1.54) is 12.5 Å². The van der Waals surface area contributed by atoms with Crippen molar-refractivity contribution in [2.24, 2.45) is 7.05 Å². The first-order valence-corrected chi connectivity index (χ1v) is 9.86. The smallest absolute Gasteiger partial charge is 0.272 e. The maximum Gasteiger partial charge on any atom is 0.272 e. The number of aryl methyl sites for hydroxylation is 1. The molecule has 2 fully saturated rings. The first-order chi connectivity index (χ1) is 13.5. The molecule has 2 amide bonds. The Balaban J connectivity index is 1.29. The van der Waals surface area contributed by atoms with Crippen molar-refractivity contribution in [1.29, 1.82) is 0 Å². The zero-order chi connectivity index (χ0) is 19.3. The summed E-state index contributed by atoms with van der Waals surface area (Å²) in [6.45, 7) is 1.69. The molecule has 2 aromatic rings. The second kappa shape index (κ2) is 6.48. The maximum absolute atomic E-state index is 12.5. The Morgan fingerprint density at radius 3 is 2.75 bits per heavy atom. The molecule has 0 aromatic carbocycles. The number of hydrogen-bond donors (Lipinski definition) is 1. The van der Waals surface area contributed by atoms with Gasteiger partial charge in [0.2, 0.25) is 0 Å². The van der Waals surface area contributed by atoms with Crippen LogP contribution in [-0.4, -0.2) is 51.2 Å². The van der Waals surface area contributed by atoms with Gasteiger partial charge < -0.3 is 19.4 Å². The number of aromatic nitrogens is 2. The van der Waals surface area contributed by atoms with Crippen LogP contribution < -0.4 is 5.32 Å². The van der Waals surface area contributed by atoms with E-state index in [1.807, 2.05) is 16.6 Å². The van der Waals surface area contributed by atoms with Gasteiger partial charge in [-0.15, -0.1) is 0 Å². The average Bonchev–Trinajstić information content (AvgIpc) is 3.23. The lowest BCUT2D eigenvalue weighted by Crippen LogP contribution is -2.50. The van der Waals surface area contributed by atoms with Gasteiger partial charge >= 0.3 is 0 Å². The number of carbonyl (C=O) groups excluding carboxylic acids is 2. The van der Waals surface area contributed by atoms with E-state index in [0.29, 0.717) is 37.0 Å². The van der Waals surface area contributed by atoms with Crippen LogP contribution in [0.4, 0.5) is 0 Å². The van der Waals surface area contributed by atoms with Gasteiger partial charge in [0, 0.05) is 43.9 Å². The lowest BCUT2D eigenvalue weighted by atomic mass is 9.83. The van der Waals surface area contributed by atoms with E-state index in [9.17, 15) is 9.59 Å². The molecular weight excluding hydrogens is 360 g/mol. The highest BCUT2D eigenvalue weighted by atomic mass is 16.5. The monoisotopic (exact) mass is 384 g/mol. The largest absolute Gasteiger partial charge is 0.472 e. The van der Waals surface area contributed by atoms with Gasteiger partial charge in [-0.05, 0) is 31.7 Å². The fourth-order valence-corrected chi connectivity index (χ4v) is 4.23. The molecule has 3 aliphatic rings. The van der Waals surface area contributed by atoms with Crippen LogP contribution in [0.5, 0.6) is 0 Å². The van der Waals surface area contributed by atoms with Crippen LogP contribution in [0.15, 0.2) is 23.0 Å². The molecule has 4 heterocycles. The van der Waals surface area contributed by atoms with Gasteiger partial charge in [-0.25, -0.2) is 0 Å². The first-order valence-electron chi connectivity index (χ1n) is 9.86. The Morgan fingerprint density at radius 2 is 2.07 bits per heavy atom. The molecule has 0 atom stereocenters. The average molecular weight is 384 g/mol. The molecule has 28 heavy (non-hydrogen) atoms. The highest BCUT2D eigenvalue weighted by molar-refractivity contribution is 5.94. The van der Waals surface area contributed by atoms with Crippen LogP contribution in [0.3, 0.4) is 0 Å². The Morgan fingerprint density at radius 1 is 1.29 bits per heavy atom. The SMILES string of the molecule is Cn1nc(C(=O)NC2CC2)c2c1CC1(CCN(C(=O)c3ccoc3)CC1)OC2. The molecule has 148 valence electrons. The molecule has 8 heteroatoms. The molecule has 2 aliphatic heterocycles. The molecule has 1 spiro atoms. The summed E-state index contributed by atoms with van der Waals surface area (Å²) in [5.74, 6) is -0.0981. The fourth-order valence-electron chi connectivity index (χ4n) is 4.23. The summed E-state index contributed by atoms with van der Waals surface area (Å²) in [6, 6.07) is 2.00. The summed E-state index contributed by atoms with van der Waals surface area (Å²) in [5.41, 5.74) is 2.76. The number of rotatable bonds is 3. The number of carbonyl (C=O) groups is 2. The summed E-state index contributed by atoms with van der Waals surface area (Å²) in [6.07, 6.45) is 7.36. The summed E-state index contributed by atoms with van der Waals surface area (Å²) in [7, 11) is 1.89. The van der Waals surface area contributed by atoms with E-state index in [4.69, 9.17) is 9.15 Å². The number of hydrogen-bond acceptors (Lipinski definition) is 5. The van der Waals surface area contributed by atoms with Crippen LogP contribution in [0, 0.1) is 0 Å². The Hall–Kier alpha value is -2.61. The predicted octanol–water partition coefficient (Wildman–Crippen LogP) is 1.65. The van der Waals surface area contributed by atoms with Gasteiger partial charge in [0.15, 0.2) is 5.69 Å². The third kappa shape index (κ3) is 3.01. The molecule has 5 rings (SSSR count). The van der Waals surface area contributed by atoms with Crippen molar-refractivity contribution in [1.82, 2.24) is 20.0 Å². The third-order valence-corrected chi connectivity index (χ3v) is 6.14. The van der Waals surface area contributed by atoms with E-state index in [0.717, 1.165) is 43.4 Å². The van der Waals surface area contributed by atoms with Crippen molar-refractivity contribution in [3.8, 4) is 0 Å². The van der Waals surface area contributed by atoms with Crippen LogP contribution >= 0.6 is 0 Å². The topological polar surface area (TPSA) is 89.6 Å². The zero-order valence-corrected chi connectivity index (χ0v) is 15.9. The Kier molecular flexibility index (Phi) is 4.04. The number of fused-ring (bicyclic) bond motifs is 1. The number of amides is 2. The van der Waals surface area contributed by atoms with Crippen molar-refractivity contribution < 1.29 is 18.7 Å². The van der Waals surface area contributed by atoms with Gasteiger partial charge in [-0.1, -0.05) is 0 Å². The number of piperidine rings is 1. The molecular formula is C20H24N4O4. The van der Waals surface area contributed by atoms with Crippen LogP contribution in [-0.2, 0) is 24.8 Å². The first kappa shape index (κ1) is 17.5. The Bertz CT molecular complexity index is 905. The van der Waals surface area contributed by atoms with E-state index < -0.39 is 0 Å². The molecule has 1 N–H and O–H groups in total. The van der Waals surface area contributed by atoms with Crippen LogP contribution in [0.25, 0.3) is 0 Å². The molecule has 0 unspecified atom stereocenters. The number of nitrogens with zero attached hydrogens (tertiary/aromatic N) is 3. The molecule has 0 radical (unpaired) electrons. The number of nitrogens with one attached hydrogen (secondary N) is 1. The van der Waals surface area contributed by atoms with Crippen molar-refractivity contribution >= 4 is 11.8 Å². The minimum absolute atomic E-state index is 0.000310. The molecule has 1 saturated carbocycles. The summed E-state index contributed by atoms with van der Waals surface area (Å²) in [4.78, 5) is 26.9. The molecule has 0 bridgehead atoms. The van der Waals surface area contributed by atoms with Crippen molar-refractivity contribution in [3.63, 3.8) is 0 Å². The van der Waals surface area contributed by atoms with E-state index in [1.54, 1.807) is 6.07 Å². The van der Waals surface area contributed by atoms with E-state index in [2.05, 4.69) is 10.4 Å². The molecule has 2 aromatic heterocycles. The third-order valence-electron chi connectivity index (χ3n) is 6.14. The van der Waals surface area contributed by atoms with Gasteiger partial charge in [0.25, 0.3) is 11.8 Å². The predicted molar refractivity (Wildman–Crippen MR) is 98.8 cm³/mol. The van der Waals surface area contributed by atoms with Gasteiger partial charge in [-0.3, -0.25) is 14.3 Å². The minimum atomic E-state index is -0.293. The Labute approximate surface area is 162 Å². The van der Waals surface area contributed by atoms with Gasteiger partial charge in [-0.2, -0.15) is 5.10 Å². The quantitative estimate of drug-likeness (QED) is 0.869. The van der Waals surface area contributed by atoms with Gasteiger partial charge in [0.05, 0.1) is 24.0 Å². The minimum Gasteiger partial charge on any atom is -0.472 e. The molecule has 1 aliphatic carbocycles. The lowest BCUT2D eigenvalue weighted by Gasteiger charge is -2.43. The normalized spacial score (nSPS) is 20.8. The second-order valence-corrected chi connectivity index (χ2v) is 8.10. The standard InChI is InChI=1S/C20H24N4O4/c1-23-16-10-20(5-7-24(8-6-20)19(26)13-4-9-27-11-13)28-12-15(16)17(22-23)18(25)21-14-2-3-14/h4,9,11,14H,2-3,5-8,10,12H2,1H3,(H,21,25). The summed E-state index contributed by atoms with van der Waals surface area (Å²) >= 11 is 0. The molecule has 8 nitrogen and oxygen atoms in total. The van der Waals surface area contributed by atoms with E-state index >= 15 is 0 Å². The lowest BCUT2D eigenvalue weighted by molar-refractivity contribution is -0.0990. The zero-order valence-electron chi connectivity index (χ0n) is 15.9. The van der Waals surface area contributed by atoms with Crippen LogP contribution in [0.2, 0.25) is 0 Å². The van der Waals surface area contributed by atoms with Crippen molar-refractivity contribution in [3.05, 3.63) is 41.1 Å². The number of furan rings is 1. The highest BCUT2D eigenvalue weighted by Gasteiger charge is 2.43. The van der Waals surface area contributed by atoms with Crippen molar-refractivity contribution in [2.45, 2.75) is 50.4 Å². The number of ether oxygens (including phenoxy) is 1. The molecule has 1 saturated heterocycles.